The average molecular weight is 410 g/mol. The zero-order valence-electron chi connectivity index (χ0n) is 14.4. The monoisotopic (exact) mass is 408 g/mol. The molecule has 0 N–H and O–H groups in total. The van der Waals surface area contributed by atoms with Crippen molar-refractivity contribution in [2.75, 3.05) is 13.6 Å². The molecule has 0 aliphatic carbocycles. The van der Waals surface area contributed by atoms with E-state index in [9.17, 15) is 0 Å². The lowest BCUT2D eigenvalue weighted by molar-refractivity contribution is 0.478. The minimum absolute atomic E-state index is 0.627. The molecule has 128 valence electrons. The first kappa shape index (κ1) is 18.8. The minimum atomic E-state index is 0.627. The minimum Gasteiger partial charge on any atom is -0.457 e. The summed E-state index contributed by atoms with van der Waals surface area (Å²) in [5.74, 6) is 1.52. The Morgan fingerprint density at radius 3 is 2.62 bits per heavy atom. The third kappa shape index (κ3) is 4.99. The summed E-state index contributed by atoms with van der Waals surface area (Å²) >= 11 is 9.51. The first-order valence-electron chi connectivity index (χ1n) is 7.89. The van der Waals surface area contributed by atoms with Crippen LogP contribution in [0.15, 0.2) is 39.8 Å². The summed E-state index contributed by atoms with van der Waals surface area (Å²) < 4.78 is 6.83. The molecule has 2 aromatic carbocycles. The Morgan fingerprint density at radius 2 is 1.96 bits per heavy atom. The highest BCUT2D eigenvalue weighted by atomic mass is 79.9. The number of hydrogen-bond acceptors (Lipinski definition) is 2. The van der Waals surface area contributed by atoms with Gasteiger partial charge in [-0.3, -0.25) is 0 Å². The fraction of sp³-hybridized carbons (Fsp3) is 0.316. The van der Waals surface area contributed by atoms with Crippen molar-refractivity contribution in [3.05, 3.63) is 51.0 Å². The number of nitrogens with zero attached hydrogens (tertiary/aromatic N) is 2. The molecule has 0 amide bonds. The molecular weight excluding hydrogens is 388 g/mol. The van der Waals surface area contributed by atoms with Crippen molar-refractivity contribution in [2.24, 2.45) is 4.99 Å². The normalized spacial score (nSPS) is 11.1. The molecule has 2 rings (SSSR count). The highest BCUT2D eigenvalue weighted by molar-refractivity contribution is 9.10. The predicted molar refractivity (Wildman–Crippen MR) is 106 cm³/mol. The van der Waals surface area contributed by atoms with Gasteiger partial charge < -0.3 is 9.64 Å². The van der Waals surface area contributed by atoms with Crippen LogP contribution < -0.4 is 4.74 Å². The van der Waals surface area contributed by atoms with Crippen molar-refractivity contribution in [1.29, 1.82) is 0 Å². The lowest BCUT2D eigenvalue weighted by Gasteiger charge is -2.13. The van der Waals surface area contributed by atoms with Crippen LogP contribution in [0.25, 0.3) is 0 Å². The summed E-state index contributed by atoms with van der Waals surface area (Å²) in [5, 5.41) is 0.627. The van der Waals surface area contributed by atoms with Gasteiger partial charge in [0, 0.05) is 24.1 Å². The maximum absolute atomic E-state index is 6.12. The van der Waals surface area contributed by atoms with E-state index in [1.807, 2.05) is 51.5 Å². The molecule has 0 atom stereocenters. The third-order valence-electron chi connectivity index (χ3n) is 3.58. The second-order valence-electron chi connectivity index (χ2n) is 5.81. The largest absolute Gasteiger partial charge is 0.457 e. The summed E-state index contributed by atoms with van der Waals surface area (Å²) in [6, 6.07) is 9.62. The number of halogens is 2. The van der Waals surface area contributed by atoms with Crippen LogP contribution >= 0.6 is 27.5 Å². The standard InChI is InChI=1S/C19H22BrClN2O/c1-5-8-23(4)12-22-18-9-14(3)19(10-13(18)2)24-15-6-7-16(20)17(21)11-15/h6-7,9-12H,5,8H2,1-4H3/b22-12+. The highest BCUT2D eigenvalue weighted by Crippen LogP contribution is 2.34. The first-order chi connectivity index (χ1) is 11.4. The van der Waals surface area contributed by atoms with Gasteiger partial charge in [-0.25, -0.2) is 4.99 Å². The van der Waals surface area contributed by atoms with Crippen molar-refractivity contribution in [2.45, 2.75) is 27.2 Å². The molecule has 0 aliphatic heterocycles. The summed E-state index contributed by atoms with van der Waals surface area (Å²) in [7, 11) is 2.03. The highest BCUT2D eigenvalue weighted by Gasteiger charge is 2.08. The van der Waals surface area contributed by atoms with E-state index >= 15 is 0 Å². The van der Waals surface area contributed by atoms with Crippen LogP contribution in [0.2, 0.25) is 5.02 Å². The van der Waals surface area contributed by atoms with E-state index in [1.54, 1.807) is 6.07 Å². The Balaban J connectivity index is 2.21. The van der Waals surface area contributed by atoms with Crippen LogP contribution in [0.3, 0.4) is 0 Å². The van der Waals surface area contributed by atoms with Gasteiger partial charge in [0.05, 0.1) is 17.0 Å². The van der Waals surface area contributed by atoms with Gasteiger partial charge in [0.15, 0.2) is 0 Å². The second kappa shape index (κ2) is 8.54. The van der Waals surface area contributed by atoms with Crippen LogP contribution in [0.4, 0.5) is 5.69 Å². The van der Waals surface area contributed by atoms with Gasteiger partial charge in [-0.15, -0.1) is 0 Å². The molecule has 2 aromatic rings. The second-order valence-corrected chi connectivity index (χ2v) is 7.07. The molecular formula is C19H22BrClN2O. The molecule has 24 heavy (non-hydrogen) atoms. The third-order valence-corrected chi connectivity index (χ3v) is 4.82. The van der Waals surface area contributed by atoms with Gasteiger partial charge in [-0.1, -0.05) is 18.5 Å². The van der Waals surface area contributed by atoms with E-state index in [2.05, 4.69) is 32.7 Å². The lowest BCUT2D eigenvalue weighted by Crippen LogP contribution is -2.16. The van der Waals surface area contributed by atoms with Gasteiger partial charge >= 0.3 is 0 Å². The molecule has 0 unspecified atom stereocenters. The van der Waals surface area contributed by atoms with Gasteiger partial charge in [0.2, 0.25) is 0 Å². The number of aryl methyl sites for hydroxylation is 2. The van der Waals surface area contributed by atoms with Gasteiger partial charge in [0.25, 0.3) is 0 Å². The number of ether oxygens (including phenoxy) is 1. The van der Waals surface area contributed by atoms with E-state index in [0.717, 1.165) is 40.0 Å². The molecule has 0 radical (unpaired) electrons. The predicted octanol–water partition coefficient (Wildman–Crippen LogP) is 6.51. The van der Waals surface area contributed by atoms with E-state index < -0.39 is 0 Å². The molecule has 0 saturated heterocycles. The summed E-state index contributed by atoms with van der Waals surface area (Å²) in [5.41, 5.74) is 3.06. The Labute approximate surface area is 157 Å². The van der Waals surface area contributed by atoms with Crippen LogP contribution in [0.5, 0.6) is 11.5 Å². The fourth-order valence-corrected chi connectivity index (χ4v) is 2.68. The Hall–Kier alpha value is -1.52. The summed E-state index contributed by atoms with van der Waals surface area (Å²) in [4.78, 5) is 6.66. The molecule has 3 nitrogen and oxygen atoms in total. The number of hydrogen-bond donors (Lipinski definition) is 0. The molecule has 0 heterocycles. The van der Waals surface area contributed by atoms with Crippen molar-refractivity contribution < 1.29 is 4.74 Å². The Bertz CT molecular complexity index is 746. The maximum atomic E-state index is 6.12. The van der Waals surface area contributed by atoms with Crippen molar-refractivity contribution >= 4 is 39.6 Å². The molecule has 0 aliphatic rings. The lowest BCUT2D eigenvalue weighted by atomic mass is 10.1. The number of rotatable bonds is 6. The number of benzene rings is 2. The van der Waals surface area contributed by atoms with Crippen LogP contribution in [-0.4, -0.2) is 24.8 Å². The Morgan fingerprint density at radius 1 is 1.21 bits per heavy atom. The summed E-state index contributed by atoms with van der Waals surface area (Å²) in [6.45, 7) is 7.20. The van der Waals surface area contributed by atoms with Crippen molar-refractivity contribution in [1.82, 2.24) is 4.90 Å². The van der Waals surface area contributed by atoms with E-state index in [1.165, 1.54) is 0 Å². The zero-order chi connectivity index (χ0) is 17.7. The quantitative estimate of drug-likeness (QED) is 0.401. The SMILES string of the molecule is CCCN(C)/C=N/c1cc(C)c(Oc2ccc(Br)c(Cl)c2)cc1C. The average Bonchev–Trinajstić information content (AvgIpc) is 2.53. The van der Waals surface area contributed by atoms with Crippen molar-refractivity contribution in [3.8, 4) is 11.5 Å². The molecule has 0 aromatic heterocycles. The molecule has 0 spiro atoms. The van der Waals surface area contributed by atoms with Gasteiger partial charge in [-0.05, 0) is 71.6 Å². The van der Waals surface area contributed by atoms with Gasteiger partial charge in [0.1, 0.15) is 11.5 Å². The van der Waals surface area contributed by atoms with E-state index in [4.69, 9.17) is 16.3 Å². The van der Waals surface area contributed by atoms with Crippen LogP contribution in [0.1, 0.15) is 24.5 Å². The molecule has 0 saturated carbocycles. The van der Waals surface area contributed by atoms with Crippen LogP contribution in [-0.2, 0) is 0 Å². The number of aliphatic imine (C=N–C) groups is 1. The van der Waals surface area contributed by atoms with E-state index in [0.29, 0.717) is 10.8 Å². The molecule has 0 fully saturated rings. The molecule has 5 heteroatoms. The first-order valence-corrected chi connectivity index (χ1v) is 9.06. The summed E-state index contributed by atoms with van der Waals surface area (Å²) in [6.07, 6.45) is 2.98. The van der Waals surface area contributed by atoms with Crippen LogP contribution in [0, 0.1) is 13.8 Å². The van der Waals surface area contributed by atoms with Gasteiger partial charge in [-0.2, -0.15) is 0 Å². The molecule has 0 bridgehead atoms. The Kier molecular flexibility index (Phi) is 6.69. The topological polar surface area (TPSA) is 24.8 Å². The van der Waals surface area contributed by atoms with E-state index in [-0.39, 0.29) is 0 Å². The fourth-order valence-electron chi connectivity index (χ4n) is 2.26. The smallest absolute Gasteiger partial charge is 0.130 e. The maximum Gasteiger partial charge on any atom is 0.130 e. The zero-order valence-corrected chi connectivity index (χ0v) is 16.8. The van der Waals surface area contributed by atoms with Crippen molar-refractivity contribution in [3.63, 3.8) is 0 Å².